The van der Waals surface area contributed by atoms with Gasteiger partial charge in [-0.3, -0.25) is 4.79 Å². The van der Waals surface area contributed by atoms with Crippen molar-refractivity contribution in [3.8, 4) is 11.5 Å². The molecule has 0 spiro atoms. The van der Waals surface area contributed by atoms with Gasteiger partial charge in [0, 0.05) is 6.54 Å². The minimum Gasteiger partial charge on any atom is -0.494 e. The lowest BCUT2D eigenvalue weighted by molar-refractivity contribution is -0.123. The number of amides is 1. The fourth-order valence-electron chi connectivity index (χ4n) is 3.11. The smallest absolute Gasteiger partial charge is 0.258 e. The van der Waals surface area contributed by atoms with E-state index in [-0.39, 0.29) is 12.5 Å². The largest absolute Gasteiger partial charge is 0.494 e. The number of nitrogens with one attached hydrogen (secondary N) is 1. The zero-order valence-corrected chi connectivity index (χ0v) is 14.7. The molecule has 0 aliphatic heterocycles. The minimum absolute atomic E-state index is 0.0317. The van der Waals surface area contributed by atoms with Gasteiger partial charge in [-0.05, 0) is 73.6 Å². The van der Waals surface area contributed by atoms with Crippen LogP contribution in [0.1, 0.15) is 36.5 Å². The van der Waals surface area contributed by atoms with Crippen LogP contribution in [0.2, 0.25) is 0 Å². The molecule has 0 bridgehead atoms. The first-order valence-corrected chi connectivity index (χ1v) is 8.97. The molecule has 0 unspecified atom stereocenters. The number of ether oxygens (including phenoxy) is 2. The van der Waals surface area contributed by atoms with Crippen molar-refractivity contribution in [1.29, 1.82) is 0 Å². The maximum atomic E-state index is 12.0. The molecule has 0 saturated heterocycles. The molecule has 1 aliphatic carbocycles. The Morgan fingerprint density at radius 2 is 1.80 bits per heavy atom. The maximum Gasteiger partial charge on any atom is 0.258 e. The third kappa shape index (κ3) is 4.99. The number of carbonyl (C=O) groups excluding carboxylic acids is 1. The number of hydrogen-bond acceptors (Lipinski definition) is 3. The van der Waals surface area contributed by atoms with Crippen molar-refractivity contribution in [2.45, 2.75) is 39.2 Å². The fraction of sp³-hybridized carbons (Fsp3) is 0.381. The van der Waals surface area contributed by atoms with Crippen LogP contribution in [-0.4, -0.2) is 19.1 Å². The first kappa shape index (κ1) is 17.3. The van der Waals surface area contributed by atoms with Gasteiger partial charge >= 0.3 is 0 Å². The van der Waals surface area contributed by atoms with Crippen LogP contribution < -0.4 is 14.8 Å². The van der Waals surface area contributed by atoms with E-state index in [1.165, 1.54) is 24.0 Å². The van der Waals surface area contributed by atoms with E-state index < -0.39 is 0 Å². The van der Waals surface area contributed by atoms with E-state index in [0.717, 1.165) is 29.9 Å². The predicted octanol–water partition coefficient (Wildman–Crippen LogP) is 3.66. The number of rotatable bonds is 7. The van der Waals surface area contributed by atoms with E-state index in [4.69, 9.17) is 9.47 Å². The molecular weight excluding hydrogens is 314 g/mol. The first-order chi connectivity index (χ1) is 12.2. The molecular formula is C21H25NO3. The van der Waals surface area contributed by atoms with Gasteiger partial charge < -0.3 is 14.8 Å². The molecule has 0 saturated carbocycles. The SMILES string of the molecule is CCOc1cccc(CNC(=O)COc2ccc3c(c2)CCCC3)c1. The standard InChI is InChI=1S/C21H25NO3/c1-2-24-19-9-5-6-16(12-19)14-22-21(23)15-25-20-11-10-17-7-3-4-8-18(17)13-20/h5-6,9-13H,2-4,7-8,14-15H2,1H3,(H,22,23). The number of hydrogen-bond donors (Lipinski definition) is 1. The topological polar surface area (TPSA) is 47.6 Å². The lowest BCUT2D eigenvalue weighted by Crippen LogP contribution is -2.28. The van der Waals surface area contributed by atoms with Crippen molar-refractivity contribution in [3.05, 3.63) is 59.2 Å². The Hall–Kier alpha value is -2.49. The Balaban J connectivity index is 1.47. The third-order valence-corrected chi connectivity index (χ3v) is 4.39. The summed E-state index contributed by atoms with van der Waals surface area (Å²) in [5.74, 6) is 1.47. The third-order valence-electron chi connectivity index (χ3n) is 4.39. The van der Waals surface area contributed by atoms with Gasteiger partial charge in [-0.15, -0.1) is 0 Å². The van der Waals surface area contributed by atoms with Crippen molar-refractivity contribution in [2.75, 3.05) is 13.2 Å². The summed E-state index contributed by atoms with van der Waals surface area (Å²) in [5, 5.41) is 2.88. The van der Waals surface area contributed by atoms with Gasteiger partial charge in [0.1, 0.15) is 11.5 Å². The normalized spacial score (nSPS) is 13.0. The van der Waals surface area contributed by atoms with E-state index in [9.17, 15) is 4.79 Å². The lowest BCUT2D eigenvalue weighted by atomic mass is 9.92. The van der Waals surface area contributed by atoms with E-state index in [2.05, 4.69) is 17.4 Å². The summed E-state index contributed by atoms with van der Waals surface area (Å²) in [6, 6.07) is 13.9. The van der Waals surface area contributed by atoms with Crippen molar-refractivity contribution in [1.82, 2.24) is 5.32 Å². The molecule has 0 radical (unpaired) electrons. The van der Waals surface area contributed by atoms with Crippen LogP contribution in [0.15, 0.2) is 42.5 Å². The van der Waals surface area contributed by atoms with E-state index in [1.54, 1.807) is 0 Å². The number of carbonyl (C=O) groups is 1. The van der Waals surface area contributed by atoms with Crippen molar-refractivity contribution < 1.29 is 14.3 Å². The molecule has 132 valence electrons. The van der Waals surface area contributed by atoms with E-state index >= 15 is 0 Å². The van der Waals surface area contributed by atoms with Crippen molar-refractivity contribution >= 4 is 5.91 Å². The second kappa shape index (κ2) is 8.56. The Kier molecular flexibility index (Phi) is 5.94. The van der Waals surface area contributed by atoms with Gasteiger partial charge in [-0.1, -0.05) is 18.2 Å². The first-order valence-electron chi connectivity index (χ1n) is 8.97. The van der Waals surface area contributed by atoms with Crippen LogP contribution in [0.25, 0.3) is 0 Å². The average Bonchev–Trinajstić information content (AvgIpc) is 2.65. The van der Waals surface area contributed by atoms with Gasteiger partial charge in [0.25, 0.3) is 5.91 Å². The highest BCUT2D eigenvalue weighted by Gasteiger charge is 2.10. The summed E-state index contributed by atoms with van der Waals surface area (Å²) < 4.78 is 11.1. The second-order valence-corrected chi connectivity index (χ2v) is 6.28. The minimum atomic E-state index is -0.125. The molecule has 0 aromatic heterocycles. The van der Waals surface area contributed by atoms with Crippen LogP contribution in [0, 0.1) is 0 Å². The Morgan fingerprint density at radius 3 is 2.64 bits per heavy atom. The van der Waals surface area contributed by atoms with Gasteiger partial charge in [-0.25, -0.2) is 0 Å². The quantitative estimate of drug-likeness (QED) is 0.837. The monoisotopic (exact) mass is 339 g/mol. The predicted molar refractivity (Wildman–Crippen MR) is 98.0 cm³/mol. The van der Waals surface area contributed by atoms with Crippen LogP contribution in [0.3, 0.4) is 0 Å². The zero-order chi connectivity index (χ0) is 17.5. The molecule has 2 aromatic rings. The Bertz CT molecular complexity index is 727. The van der Waals surface area contributed by atoms with Crippen LogP contribution in [0.5, 0.6) is 11.5 Å². The van der Waals surface area contributed by atoms with Gasteiger partial charge in [0.15, 0.2) is 6.61 Å². The molecule has 1 aliphatic rings. The maximum absolute atomic E-state index is 12.0. The van der Waals surface area contributed by atoms with Gasteiger partial charge in [0.2, 0.25) is 0 Å². The highest BCUT2D eigenvalue weighted by molar-refractivity contribution is 5.77. The molecule has 1 amide bonds. The van der Waals surface area contributed by atoms with Gasteiger partial charge in [0.05, 0.1) is 6.61 Å². The molecule has 4 heteroatoms. The average molecular weight is 339 g/mol. The van der Waals surface area contributed by atoms with Crippen LogP contribution in [-0.2, 0) is 24.2 Å². The summed E-state index contributed by atoms with van der Waals surface area (Å²) >= 11 is 0. The Labute approximate surface area is 149 Å². The summed E-state index contributed by atoms with van der Waals surface area (Å²) in [5.41, 5.74) is 3.78. The van der Waals surface area contributed by atoms with Crippen LogP contribution in [0.4, 0.5) is 0 Å². The molecule has 1 N–H and O–H groups in total. The van der Waals surface area contributed by atoms with Crippen LogP contribution >= 0.6 is 0 Å². The molecule has 4 nitrogen and oxygen atoms in total. The molecule has 3 rings (SSSR count). The number of benzene rings is 2. The van der Waals surface area contributed by atoms with Crippen molar-refractivity contribution in [3.63, 3.8) is 0 Å². The summed E-state index contributed by atoms with van der Waals surface area (Å²) in [4.78, 5) is 12.0. The number of aryl methyl sites for hydroxylation is 2. The molecule has 2 aromatic carbocycles. The summed E-state index contributed by atoms with van der Waals surface area (Å²) in [6.07, 6.45) is 4.75. The van der Waals surface area contributed by atoms with E-state index in [1.807, 2.05) is 37.3 Å². The van der Waals surface area contributed by atoms with Gasteiger partial charge in [-0.2, -0.15) is 0 Å². The van der Waals surface area contributed by atoms with Crippen molar-refractivity contribution in [2.24, 2.45) is 0 Å². The molecule has 0 fully saturated rings. The lowest BCUT2D eigenvalue weighted by Gasteiger charge is -2.16. The molecule has 0 atom stereocenters. The molecule has 25 heavy (non-hydrogen) atoms. The zero-order valence-electron chi connectivity index (χ0n) is 14.7. The highest BCUT2D eigenvalue weighted by atomic mass is 16.5. The summed E-state index contributed by atoms with van der Waals surface area (Å²) in [7, 11) is 0. The highest BCUT2D eigenvalue weighted by Crippen LogP contribution is 2.25. The fourth-order valence-corrected chi connectivity index (χ4v) is 3.11. The Morgan fingerprint density at radius 1 is 1.00 bits per heavy atom. The van der Waals surface area contributed by atoms with E-state index in [0.29, 0.717) is 13.2 Å². The summed E-state index contributed by atoms with van der Waals surface area (Å²) in [6.45, 7) is 3.08. The number of fused-ring (bicyclic) bond motifs is 1. The second-order valence-electron chi connectivity index (χ2n) is 6.28. The molecule has 0 heterocycles.